The predicted octanol–water partition coefficient (Wildman–Crippen LogP) is 3.98. The summed E-state index contributed by atoms with van der Waals surface area (Å²) in [6.45, 7) is 2.98. The van der Waals surface area contributed by atoms with Gasteiger partial charge in [-0.3, -0.25) is 4.79 Å². The molecule has 2 heterocycles. The minimum absolute atomic E-state index is 0.00421. The number of rotatable bonds is 8. The Morgan fingerprint density at radius 1 is 1.06 bits per heavy atom. The number of nitrogens with one attached hydrogen (secondary N) is 3. The topological polar surface area (TPSA) is 85.9 Å². The summed E-state index contributed by atoms with van der Waals surface area (Å²) in [6.07, 6.45) is 1.57. The number of amides is 1. The Hall–Kier alpha value is -3.71. The van der Waals surface area contributed by atoms with Crippen LogP contribution in [0.1, 0.15) is 24.1 Å². The minimum atomic E-state index is 0.00421. The number of H-pyrrole nitrogens is 1. The third-order valence-corrected chi connectivity index (χ3v) is 5.27. The Labute approximate surface area is 187 Å². The standard InChI is InChI=1S/C25H28N6O/c1-17(19-9-5-4-6-10-19)29-24-21-13-22(30-25(21)28-16-27-24)20-11-7-8-18(12-20)14-26-23(32)15-31(2)3/h4-13,16-17H,14-15H2,1-3H3,(H,26,32)(H2,27,28,29,30). The number of aromatic nitrogens is 3. The molecule has 1 unspecified atom stereocenters. The highest BCUT2D eigenvalue weighted by Crippen LogP contribution is 2.29. The molecule has 1 amide bonds. The van der Waals surface area contributed by atoms with Gasteiger partial charge < -0.3 is 20.5 Å². The van der Waals surface area contributed by atoms with Crippen LogP contribution in [0.4, 0.5) is 5.82 Å². The van der Waals surface area contributed by atoms with Crippen molar-refractivity contribution < 1.29 is 4.79 Å². The van der Waals surface area contributed by atoms with Gasteiger partial charge in [0.15, 0.2) is 0 Å². The summed E-state index contributed by atoms with van der Waals surface area (Å²) < 4.78 is 0. The lowest BCUT2D eigenvalue weighted by Crippen LogP contribution is -2.32. The molecule has 2 aromatic carbocycles. The van der Waals surface area contributed by atoms with Crippen molar-refractivity contribution >= 4 is 22.8 Å². The summed E-state index contributed by atoms with van der Waals surface area (Å²) in [5, 5.41) is 7.40. The van der Waals surface area contributed by atoms with E-state index in [0.717, 1.165) is 33.7 Å². The Morgan fingerprint density at radius 3 is 2.66 bits per heavy atom. The second-order valence-corrected chi connectivity index (χ2v) is 8.16. The van der Waals surface area contributed by atoms with E-state index in [0.29, 0.717) is 13.1 Å². The van der Waals surface area contributed by atoms with Gasteiger partial charge >= 0.3 is 0 Å². The second kappa shape index (κ2) is 9.62. The second-order valence-electron chi connectivity index (χ2n) is 8.16. The molecule has 0 aliphatic heterocycles. The Kier molecular flexibility index (Phi) is 6.47. The summed E-state index contributed by atoms with van der Waals surface area (Å²) in [5.41, 5.74) is 5.00. The van der Waals surface area contributed by atoms with Gasteiger partial charge in [-0.05, 0) is 49.8 Å². The van der Waals surface area contributed by atoms with Gasteiger partial charge in [-0.25, -0.2) is 9.97 Å². The molecule has 32 heavy (non-hydrogen) atoms. The minimum Gasteiger partial charge on any atom is -0.363 e. The van der Waals surface area contributed by atoms with E-state index in [2.05, 4.69) is 56.8 Å². The summed E-state index contributed by atoms with van der Waals surface area (Å²) >= 11 is 0. The van der Waals surface area contributed by atoms with Crippen LogP contribution in [0.25, 0.3) is 22.3 Å². The predicted molar refractivity (Wildman–Crippen MR) is 128 cm³/mol. The van der Waals surface area contributed by atoms with Crippen LogP contribution in [0.3, 0.4) is 0 Å². The lowest BCUT2D eigenvalue weighted by molar-refractivity contribution is -0.121. The molecule has 0 fully saturated rings. The normalized spacial score (nSPS) is 12.1. The molecule has 0 bridgehead atoms. The number of nitrogens with zero attached hydrogens (tertiary/aromatic N) is 3. The number of likely N-dealkylation sites (N-methyl/N-ethyl adjacent to an activating group) is 1. The molecule has 0 spiro atoms. The number of aromatic amines is 1. The zero-order valence-corrected chi connectivity index (χ0v) is 18.6. The molecule has 0 saturated carbocycles. The van der Waals surface area contributed by atoms with Crippen LogP contribution in [0.2, 0.25) is 0 Å². The van der Waals surface area contributed by atoms with Crippen molar-refractivity contribution in [2.75, 3.05) is 26.0 Å². The molecule has 0 radical (unpaired) electrons. The van der Waals surface area contributed by atoms with Crippen molar-refractivity contribution in [1.82, 2.24) is 25.2 Å². The monoisotopic (exact) mass is 428 g/mol. The number of hydrogen-bond acceptors (Lipinski definition) is 5. The summed E-state index contributed by atoms with van der Waals surface area (Å²) in [5.74, 6) is 0.797. The Bertz CT molecular complexity index is 1200. The molecular formula is C25H28N6O. The number of benzene rings is 2. The quantitative estimate of drug-likeness (QED) is 0.395. The van der Waals surface area contributed by atoms with Crippen molar-refractivity contribution in [3.63, 3.8) is 0 Å². The highest BCUT2D eigenvalue weighted by Gasteiger charge is 2.13. The van der Waals surface area contributed by atoms with Gasteiger partial charge in [-0.1, -0.05) is 48.5 Å². The fourth-order valence-electron chi connectivity index (χ4n) is 3.63. The van der Waals surface area contributed by atoms with Crippen molar-refractivity contribution in [3.8, 4) is 11.3 Å². The summed E-state index contributed by atoms with van der Waals surface area (Å²) in [6, 6.07) is 20.6. The molecule has 0 aliphatic carbocycles. The first-order chi connectivity index (χ1) is 15.5. The van der Waals surface area contributed by atoms with Crippen LogP contribution in [-0.4, -0.2) is 46.4 Å². The first-order valence-electron chi connectivity index (χ1n) is 10.7. The van der Waals surface area contributed by atoms with E-state index in [1.165, 1.54) is 5.56 Å². The zero-order valence-electron chi connectivity index (χ0n) is 18.6. The van der Waals surface area contributed by atoms with Crippen LogP contribution < -0.4 is 10.6 Å². The molecule has 1 atom stereocenters. The number of anilines is 1. The van der Waals surface area contributed by atoms with Gasteiger partial charge in [0.05, 0.1) is 11.9 Å². The number of carbonyl (C=O) groups excluding carboxylic acids is 1. The molecule has 7 nitrogen and oxygen atoms in total. The summed E-state index contributed by atoms with van der Waals surface area (Å²) in [4.78, 5) is 26.1. The van der Waals surface area contributed by atoms with Crippen LogP contribution in [0.15, 0.2) is 67.0 Å². The third-order valence-electron chi connectivity index (χ3n) is 5.27. The fraction of sp³-hybridized carbons (Fsp3) is 0.240. The molecule has 2 aromatic heterocycles. The molecule has 0 saturated heterocycles. The van der Waals surface area contributed by atoms with Crippen LogP contribution in [-0.2, 0) is 11.3 Å². The molecule has 3 N–H and O–H groups in total. The molecular weight excluding hydrogens is 400 g/mol. The fourth-order valence-corrected chi connectivity index (χ4v) is 3.63. The average Bonchev–Trinajstić information content (AvgIpc) is 3.24. The smallest absolute Gasteiger partial charge is 0.234 e. The van der Waals surface area contributed by atoms with Crippen molar-refractivity contribution in [3.05, 3.63) is 78.1 Å². The number of fused-ring (bicyclic) bond motifs is 1. The van der Waals surface area contributed by atoms with E-state index in [9.17, 15) is 4.79 Å². The molecule has 4 aromatic rings. The number of carbonyl (C=O) groups is 1. The lowest BCUT2D eigenvalue weighted by atomic mass is 10.1. The maximum Gasteiger partial charge on any atom is 0.234 e. The van der Waals surface area contributed by atoms with E-state index in [1.807, 2.05) is 55.4 Å². The van der Waals surface area contributed by atoms with E-state index < -0.39 is 0 Å². The average molecular weight is 429 g/mol. The maximum absolute atomic E-state index is 11.9. The van der Waals surface area contributed by atoms with Crippen LogP contribution >= 0.6 is 0 Å². The lowest BCUT2D eigenvalue weighted by Gasteiger charge is -2.15. The Balaban J connectivity index is 1.54. The molecule has 0 aliphatic rings. The highest BCUT2D eigenvalue weighted by molar-refractivity contribution is 5.91. The molecule has 4 rings (SSSR count). The van der Waals surface area contributed by atoms with Gasteiger partial charge in [-0.2, -0.15) is 0 Å². The van der Waals surface area contributed by atoms with Crippen molar-refractivity contribution in [2.24, 2.45) is 0 Å². The van der Waals surface area contributed by atoms with Gasteiger partial charge in [0.25, 0.3) is 0 Å². The zero-order chi connectivity index (χ0) is 22.5. The van der Waals surface area contributed by atoms with Gasteiger partial charge in [0.2, 0.25) is 5.91 Å². The van der Waals surface area contributed by atoms with Gasteiger partial charge in [0.1, 0.15) is 17.8 Å². The number of hydrogen-bond donors (Lipinski definition) is 3. The first-order valence-corrected chi connectivity index (χ1v) is 10.7. The Morgan fingerprint density at radius 2 is 1.88 bits per heavy atom. The maximum atomic E-state index is 11.9. The molecule has 7 heteroatoms. The first kappa shape index (κ1) is 21.5. The summed E-state index contributed by atoms with van der Waals surface area (Å²) in [7, 11) is 3.76. The largest absolute Gasteiger partial charge is 0.363 e. The van der Waals surface area contributed by atoms with Crippen molar-refractivity contribution in [1.29, 1.82) is 0 Å². The van der Waals surface area contributed by atoms with Gasteiger partial charge in [0, 0.05) is 18.3 Å². The van der Waals surface area contributed by atoms with E-state index in [4.69, 9.17) is 0 Å². The van der Waals surface area contributed by atoms with E-state index >= 15 is 0 Å². The van der Waals surface area contributed by atoms with E-state index in [1.54, 1.807) is 6.33 Å². The van der Waals surface area contributed by atoms with Crippen LogP contribution in [0, 0.1) is 0 Å². The van der Waals surface area contributed by atoms with Gasteiger partial charge in [-0.15, -0.1) is 0 Å². The van der Waals surface area contributed by atoms with E-state index in [-0.39, 0.29) is 11.9 Å². The third kappa shape index (κ3) is 5.12. The molecule has 164 valence electrons. The SMILES string of the molecule is CC(Nc1ncnc2[nH]c(-c3cccc(CNC(=O)CN(C)C)c3)cc12)c1ccccc1. The van der Waals surface area contributed by atoms with Crippen LogP contribution in [0.5, 0.6) is 0 Å². The highest BCUT2D eigenvalue weighted by atomic mass is 16.2. The van der Waals surface area contributed by atoms with Crippen molar-refractivity contribution in [2.45, 2.75) is 19.5 Å².